The quantitative estimate of drug-likeness (QED) is 0.711. The van der Waals surface area contributed by atoms with E-state index >= 15 is 0 Å². The van der Waals surface area contributed by atoms with Gasteiger partial charge in [-0.3, -0.25) is 4.72 Å². The molecule has 0 saturated carbocycles. The van der Waals surface area contributed by atoms with E-state index in [0.717, 1.165) is 6.07 Å². The maximum Gasteiger partial charge on any atom is 0.335 e. The van der Waals surface area contributed by atoms with Gasteiger partial charge in [-0.1, -0.05) is 0 Å². The summed E-state index contributed by atoms with van der Waals surface area (Å²) in [4.78, 5) is 14.4. The minimum atomic E-state index is -3.94. The minimum absolute atomic E-state index is 0.124. The van der Waals surface area contributed by atoms with Gasteiger partial charge in [-0.2, -0.15) is 8.42 Å². The van der Waals surface area contributed by atoms with E-state index < -0.39 is 21.7 Å². The van der Waals surface area contributed by atoms with E-state index in [1.807, 2.05) is 0 Å². The standard InChI is InChI=1S/C11H11N3O5S/c1-14-5-10(12-6-14)20(18,19)13-8-3-2-7(11(16)17)4-9(8)15/h2-6,13,15H,1H3,(H,16,17). The number of carboxylic acid groups (broad SMARTS) is 1. The largest absolute Gasteiger partial charge is 0.506 e. The molecule has 0 aliphatic carbocycles. The van der Waals surface area contributed by atoms with Crippen molar-refractivity contribution in [1.82, 2.24) is 9.55 Å². The van der Waals surface area contributed by atoms with Crippen molar-refractivity contribution in [3.05, 3.63) is 36.3 Å². The highest BCUT2D eigenvalue weighted by Crippen LogP contribution is 2.26. The molecule has 0 fully saturated rings. The first-order valence-corrected chi connectivity index (χ1v) is 6.85. The highest BCUT2D eigenvalue weighted by atomic mass is 32.2. The van der Waals surface area contributed by atoms with Crippen molar-refractivity contribution >= 4 is 21.7 Å². The van der Waals surface area contributed by atoms with Crippen molar-refractivity contribution in [2.75, 3.05) is 4.72 Å². The number of sulfonamides is 1. The molecule has 106 valence electrons. The zero-order chi connectivity index (χ0) is 14.9. The second-order valence-electron chi connectivity index (χ2n) is 4.02. The van der Waals surface area contributed by atoms with Crippen molar-refractivity contribution in [2.24, 2.45) is 7.05 Å². The molecule has 1 aromatic heterocycles. The average Bonchev–Trinajstić information content (AvgIpc) is 2.79. The molecule has 9 heteroatoms. The Balaban J connectivity index is 2.32. The summed E-state index contributed by atoms with van der Waals surface area (Å²) in [6.07, 6.45) is 2.62. The average molecular weight is 297 g/mol. The number of aryl methyl sites for hydroxylation is 1. The smallest absolute Gasteiger partial charge is 0.335 e. The number of hydrogen-bond donors (Lipinski definition) is 3. The summed E-state index contributed by atoms with van der Waals surface area (Å²) in [5, 5.41) is 18.2. The molecule has 0 aliphatic rings. The van der Waals surface area contributed by atoms with Gasteiger partial charge in [0.05, 0.1) is 17.6 Å². The predicted octanol–water partition coefficient (Wildman–Crippen LogP) is 0.625. The van der Waals surface area contributed by atoms with Crippen LogP contribution in [-0.4, -0.2) is 34.2 Å². The first-order valence-electron chi connectivity index (χ1n) is 5.37. The minimum Gasteiger partial charge on any atom is -0.506 e. The monoisotopic (exact) mass is 297 g/mol. The van der Waals surface area contributed by atoms with Crippen LogP contribution in [0.25, 0.3) is 0 Å². The number of phenolic OH excluding ortho intramolecular Hbond substituents is 1. The number of aromatic carboxylic acids is 1. The van der Waals surface area contributed by atoms with Gasteiger partial charge < -0.3 is 14.8 Å². The molecule has 20 heavy (non-hydrogen) atoms. The van der Waals surface area contributed by atoms with Crippen LogP contribution in [0.3, 0.4) is 0 Å². The number of aromatic hydroxyl groups is 1. The summed E-state index contributed by atoms with van der Waals surface area (Å²) in [5.41, 5.74) is -0.274. The third kappa shape index (κ3) is 2.72. The summed E-state index contributed by atoms with van der Waals surface area (Å²) in [5.74, 6) is -1.70. The number of benzene rings is 1. The normalized spacial score (nSPS) is 11.2. The Hall–Kier alpha value is -2.55. The van der Waals surface area contributed by atoms with Gasteiger partial charge in [0.1, 0.15) is 5.75 Å². The van der Waals surface area contributed by atoms with Crippen LogP contribution in [0, 0.1) is 0 Å². The Labute approximate surface area is 114 Å². The summed E-state index contributed by atoms with van der Waals surface area (Å²) in [7, 11) is -2.32. The summed E-state index contributed by atoms with van der Waals surface area (Å²) in [6.45, 7) is 0. The number of carbonyl (C=O) groups is 1. The fraction of sp³-hybridized carbons (Fsp3) is 0.0909. The maximum atomic E-state index is 12.0. The Morgan fingerprint density at radius 3 is 2.60 bits per heavy atom. The van der Waals surface area contributed by atoms with Gasteiger partial charge in [0.25, 0.3) is 10.0 Å². The topological polar surface area (TPSA) is 122 Å². The zero-order valence-corrected chi connectivity index (χ0v) is 11.1. The highest BCUT2D eigenvalue weighted by molar-refractivity contribution is 7.92. The molecule has 3 N–H and O–H groups in total. The number of rotatable bonds is 4. The van der Waals surface area contributed by atoms with Gasteiger partial charge in [0.15, 0.2) is 5.03 Å². The van der Waals surface area contributed by atoms with E-state index in [1.165, 1.54) is 29.2 Å². The van der Waals surface area contributed by atoms with Gasteiger partial charge >= 0.3 is 5.97 Å². The molecule has 0 amide bonds. The van der Waals surface area contributed by atoms with Crippen molar-refractivity contribution in [1.29, 1.82) is 0 Å². The SMILES string of the molecule is Cn1cnc(S(=O)(=O)Nc2ccc(C(=O)O)cc2O)c1. The van der Waals surface area contributed by atoms with Crippen LogP contribution in [0.2, 0.25) is 0 Å². The lowest BCUT2D eigenvalue weighted by Crippen LogP contribution is -2.13. The molecule has 2 rings (SSSR count). The van der Waals surface area contributed by atoms with E-state index in [1.54, 1.807) is 7.05 Å². The molecule has 0 spiro atoms. The second kappa shape index (κ2) is 4.85. The lowest BCUT2D eigenvalue weighted by Gasteiger charge is -2.08. The summed E-state index contributed by atoms with van der Waals surface area (Å²) < 4.78 is 27.5. The Bertz CT molecular complexity index is 766. The summed E-state index contributed by atoms with van der Waals surface area (Å²) >= 11 is 0. The van der Waals surface area contributed by atoms with Crippen molar-refractivity contribution < 1.29 is 23.4 Å². The molecule has 1 heterocycles. The molecule has 2 aromatic rings. The van der Waals surface area contributed by atoms with Crippen LogP contribution in [-0.2, 0) is 17.1 Å². The van der Waals surface area contributed by atoms with Gasteiger partial charge in [-0.15, -0.1) is 0 Å². The number of aromatic nitrogens is 2. The molecule has 0 atom stereocenters. The first kappa shape index (κ1) is 13.9. The Kier molecular flexibility index (Phi) is 3.36. The van der Waals surface area contributed by atoms with Crippen molar-refractivity contribution in [2.45, 2.75) is 5.03 Å². The lowest BCUT2D eigenvalue weighted by atomic mass is 10.2. The van der Waals surface area contributed by atoms with Gasteiger partial charge in [-0.05, 0) is 18.2 Å². The molecule has 0 unspecified atom stereocenters. The van der Waals surface area contributed by atoms with Crippen LogP contribution in [0.5, 0.6) is 5.75 Å². The molecule has 0 radical (unpaired) electrons. The van der Waals surface area contributed by atoms with Crippen LogP contribution < -0.4 is 4.72 Å². The van der Waals surface area contributed by atoms with Gasteiger partial charge in [-0.25, -0.2) is 9.78 Å². The van der Waals surface area contributed by atoms with Crippen LogP contribution in [0.15, 0.2) is 35.7 Å². The fourth-order valence-corrected chi connectivity index (χ4v) is 2.53. The van der Waals surface area contributed by atoms with Crippen LogP contribution in [0.4, 0.5) is 5.69 Å². The van der Waals surface area contributed by atoms with E-state index in [0.29, 0.717) is 0 Å². The van der Waals surface area contributed by atoms with Gasteiger partial charge in [0, 0.05) is 13.2 Å². The lowest BCUT2D eigenvalue weighted by molar-refractivity contribution is 0.0696. The Morgan fingerprint density at radius 2 is 2.10 bits per heavy atom. The molecular formula is C11H11N3O5S. The zero-order valence-electron chi connectivity index (χ0n) is 10.3. The molecule has 8 nitrogen and oxygen atoms in total. The highest BCUT2D eigenvalue weighted by Gasteiger charge is 2.19. The van der Waals surface area contributed by atoms with E-state index in [-0.39, 0.29) is 16.3 Å². The number of nitrogens with one attached hydrogen (secondary N) is 1. The number of hydrogen-bond acceptors (Lipinski definition) is 5. The third-order valence-electron chi connectivity index (χ3n) is 2.45. The molecule has 1 aromatic carbocycles. The van der Waals surface area contributed by atoms with Crippen molar-refractivity contribution in [3.8, 4) is 5.75 Å². The summed E-state index contributed by atoms with van der Waals surface area (Å²) in [6, 6.07) is 3.30. The molecular weight excluding hydrogens is 286 g/mol. The number of carboxylic acids is 1. The maximum absolute atomic E-state index is 12.0. The van der Waals surface area contributed by atoms with Crippen LogP contribution in [0.1, 0.15) is 10.4 Å². The second-order valence-corrected chi connectivity index (χ2v) is 5.65. The van der Waals surface area contributed by atoms with Crippen LogP contribution >= 0.6 is 0 Å². The molecule has 0 aliphatic heterocycles. The Morgan fingerprint density at radius 1 is 1.40 bits per heavy atom. The van der Waals surface area contributed by atoms with Crippen molar-refractivity contribution in [3.63, 3.8) is 0 Å². The fourth-order valence-electron chi connectivity index (χ4n) is 1.48. The number of imidazole rings is 1. The number of phenols is 1. The van der Waals surface area contributed by atoms with E-state index in [2.05, 4.69) is 9.71 Å². The number of anilines is 1. The number of nitrogens with zero attached hydrogens (tertiary/aromatic N) is 2. The predicted molar refractivity (Wildman–Crippen MR) is 69.1 cm³/mol. The molecule has 0 bridgehead atoms. The first-order chi connectivity index (χ1) is 9.29. The van der Waals surface area contributed by atoms with E-state index in [4.69, 9.17) is 5.11 Å². The third-order valence-corrected chi connectivity index (χ3v) is 3.70. The van der Waals surface area contributed by atoms with E-state index in [9.17, 15) is 18.3 Å². The molecule has 0 saturated heterocycles. The van der Waals surface area contributed by atoms with Gasteiger partial charge in [0.2, 0.25) is 0 Å².